The number of hydrogen-bond acceptors (Lipinski definition) is 4. The number of nitrogens with one attached hydrogen (secondary N) is 1. The van der Waals surface area contributed by atoms with Gasteiger partial charge in [-0.3, -0.25) is 4.79 Å². The van der Waals surface area contributed by atoms with E-state index in [0.29, 0.717) is 23.7 Å². The summed E-state index contributed by atoms with van der Waals surface area (Å²) in [5.74, 6) is -0.0180. The summed E-state index contributed by atoms with van der Waals surface area (Å²) in [5, 5.41) is 12.1. The zero-order valence-corrected chi connectivity index (χ0v) is 15.8. The molecule has 0 fully saturated rings. The highest BCUT2D eigenvalue weighted by Crippen LogP contribution is 2.30. The smallest absolute Gasteiger partial charge is 0.335 e. The van der Waals surface area contributed by atoms with Crippen molar-refractivity contribution < 1.29 is 24.2 Å². The van der Waals surface area contributed by atoms with Crippen molar-refractivity contribution in [2.75, 3.05) is 13.7 Å². The molecule has 0 saturated carbocycles. The summed E-state index contributed by atoms with van der Waals surface area (Å²) in [6, 6.07) is 11.8. The lowest BCUT2D eigenvalue weighted by Gasteiger charge is -2.17. The average Bonchev–Trinajstić information content (AvgIpc) is 2.66. The molecule has 0 radical (unpaired) electrons. The van der Waals surface area contributed by atoms with Crippen molar-refractivity contribution in [2.45, 2.75) is 32.7 Å². The molecule has 144 valence electrons. The van der Waals surface area contributed by atoms with Gasteiger partial charge >= 0.3 is 5.97 Å². The number of benzene rings is 2. The number of hydrogen-bond donors (Lipinski definition) is 2. The zero-order chi connectivity index (χ0) is 19.8. The summed E-state index contributed by atoms with van der Waals surface area (Å²) < 4.78 is 11.0. The van der Waals surface area contributed by atoms with Crippen molar-refractivity contribution in [3.63, 3.8) is 0 Å². The molecular formula is C21H25NO5. The van der Waals surface area contributed by atoms with Gasteiger partial charge in [-0.15, -0.1) is 0 Å². The van der Waals surface area contributed by atoms with E-state index in [-0.39, 0.29) is 23.9 Å². The van der Waals surface area contributed by atoms with E-state index in [4.69, 9.17) is 9.47 Å². The van der Waals surface area contributed by atoms with Gasteiger partial charge in [-0.1, -0.05) is 31.2 Å². The average molecular weight is 371 g/mol. The molecule has 1 amide bonds. The number of carbonyl (C=O) groups excluding carboxylic acids is 1. The van der Waals surface area contributed by atoms with E-state index in [0.717, 1.165) is 12.0 Å². The van der Waals surface area contributed by atoms with Crippen LogP contribution in [0, 0.1) is 0 Å². The standard InChI is InChI=1S/C21H25NO5/c1-4-11-27-18-10-9-15(12-19(18)26-3)14(2)22-20(23)13-16-7-5-6-8-17(16)21(24)25/h5-10,12,14H,4,11,13H2,1-3H3,(H,22,23)(H,24,25). The molecule has 0 bridgehead atoms. The van der Waals surface area contributed by atoms with Gasteiger partial charge in [-0.05, 0) is 42.7 Å². The highest BCUT2D eigenvalue weighted by atomic mass is 16.5. The van der Waals surface area contributed by atoms with Gasteiger partial charge in [-0.2, -0.15) is 0 Å². The fourth-order valence-corrected chi connectivity index (χ4v) is 2.72. The third-order valence-corrected chi connectivity index (χ3v) is 4.13. The number of ether oxygens (including phenoxy) is 2. The Morgan fingerprint density at radius 3 is 2.56 bits per heavy atom. The van der Waals surface area contributed by atoms with Crippen LogP contribution in [0.1, 0.15) is 47.8 Å². The highest BCUT2D eigenvalue weighted by Gasteiger charge is 2.16. The second kappa shape index (κ2) is 9.62. The van der Waals surface area contributed by atoms with Crippen LogP contribution in [0.3, 0.4) is 0 Å². The summed E-state index contributed by atoms with van der Waals surface area (Å²) in [7, 11) is 1.57. The molecular weight excluding hydrogens is 346 g/mol. The fourth-order valence-electron chi connectivity index (χ4n) is 2.72. The minimum Gasteiger partial charge on any atom is -0.493 e. The lowest BCUT2D eigenvalue weighted by molar-refractivity contribution is -0.121. The Morgan fingerprint density at radius 2 is 1.89 bits per heavy atom. The van der Waals surface area contributed by atoms with Crippen LogP contribution in [-0.4, -0.2) is 30.7 Å². The Kier molecular flexibility index (Phi) is 7.23. The van der Waals surface area contributed by atoms with Crippen LogP contribution in [-0.2, 0) is 11.2 Å². The number of aromatic carboxylic acids is 1. The third-order valence-electron chi connectivity index (χ3n) is 4.13. The molecule has 0 heterocycles. The molecule has 1 unspecified atom stereocenters. The summed E-state index contributed by atoms with van der Waals surface area (Å²) in [5.41, 5.74) is 1.49. The van der Waals surface area contributed by atoms with Gasteiger partial charge in [0, 0.05) is 0 Å². The summed E-state index contributed by atoms with van der Waals surface area (Å²) in [6.45, 7) is 4.49. The second-order valence-corrected chi connectivity index (χ2v) is 6.19. The number of amides is 1. The van der Waals surface area contributed by atoms with Gasteiger partial charge in [0.05, 0.1) is 31.7 Å². The zero-order valence-electron chi connectivity index (χ0n) is 15.8. The van der Waals surface area contributed by atoms with Gasteiger partial charge in [-0.25, -0.2) is 4.79 Å². The van der Waals surface area contributed by atoms with E-state index in [1.807, 2.05) is 32.0 Å². The number of carbonyl (C=O) groups is 2. The van der Waals surface area contributed by atoms with E-state index in [1.54, 1.807) is 25.3 Å². The van der Waals surface area contributed by atoms with Gasteiger partial charge in [0.1, 0.15) is 0 Å². The molecule has 2 aromatic carbocycles. The quantitative estimate of drug-likeness (QED) is 0.703. The molecule has 0 aliphatic heterocycles. The maximum Gasteiger partial charge on any atom is 0.335 e. The van der Waals surface area contributed by atoms with Crippen molar-refractivity contribution in [3.05, 3.63) is 59.2 Å². The Hall–Kier alpha value is -3.02. The lowest BCUT2D eigenvalue weighted by atomic mass is 10.0. The van der Waals surface area contributed by atoms with Crippen molar-refractivity contribution in [1.29, 1.82) is 0 Å². The van der Waals surface area contributed by atoms with E-state index in [9.17, 15) is 14.7 Å². The number of carboxylic acids is 1. The number of carboxylic acid groups (broad SMARTS) is 1. The summed E-state index contributed by atoms with van der Waals surface area (Å²) >= 11 is 0. The van der Waals surface area contributed by atoms with E-state index < -0.39 is 5.97 Å². The highest BCUT2D eigenvalue weighted by molar-refractivity contribution is 5.91. The Morgan fingerprint density at radius 1 is 1.15 bits per heavy atom. The summed E-state index contributed by atoms with van der Waals surface area (Å²) in [4.78, 5) is 23.6. The van der Waals surface area contributed by atoms with E-state index in [2.05, 4.69) is 5.32 Å². The predicted octanol–water partition coefficient (Wildman–Crippen LogP) is 3.60. The van der Waals surface area contributed by atoms with Crippen molar-refractivity contribution >= 4 is 11.9 Å². The predicted molar refractivity (Wildman–Crippen MR) is 102 cm³/mol. The van der Waals surface area contributed by atoms with E-state index >= 15 is 0 Å². The first-order valence-electron chi connectivity index (χ1n) is 8.87. The number of methoxy groups -OCH3 is 1. The fraction of sp³-hybridized carbons (Fsp3) is 0.333. The van der Waals surface area contributed by atoms with Gasteiger partial charge in [0.25, 0.3) is 0 Å². The topological polar surface area (TPSA) is 84.9 Å². The van der Waals surface area contributed by atoms with Gasteiger partial charge in [0.15, 0.2) is 11.5 Å². The Bertz CT molecular complexity index is 803. The normalized spacial score (nSPS) is 11.5. The van der Waals surface area contributed by atoms with E-state index in [1.165, 1.54) is 6.07 Å². The van der Waals surface area contributed by atoms with Crippen molar-refractivity contribution in [1.82, 2.24) is 5.32 Å². The molecule has 0 aliphatic carbocycles. The SMILES string of the molecule is CCCOc1ccc(C(C)NC(=O)Cc2ccccc2C(=O)O)cc1OC. The van der Waals surface area contributed by atoms with Gasteiger partial charge < -0.3 is 19.9 Å². The monoisotopic (exact) mass is 371 g/mol. The molecule has 6 heteroatoms. The Labute approximate surface area is 159 Å². The third kappa shape index (κ3) is 5.48. The number of rotatable bonds is 9. The molecule has 6 nitrogen and oxygen atoms in total. The molecule has 2 N–H and O–H groups in total. The molecule has 2 rings (SSSR count). The molecule has 27 heavy (non-hydrogen) atoms. The molecule has 0 aliphatic rings. The maximum absolute atomic E-state index is 12.4. The minimum atomic E-state index is -1.04. The van der Waals surface area contributed by atoms with Crippen LogP contribution >= 0.6 is 0 Å². The Balaban J connectivity index is 2.07. The molecule has 0 aromatic heterocycles. The van der Waals surface area contributed by atoms with Crippen LogP contribution in [0.4, 0.5) is 0 Å². The second-order valence-electron chi connectivity index (χ2n) is 6.19. The van der Waals surface area contributed by atoms with Crippen LogP contribution in [0.5, 0.6) is 11.5 Å². The minimum absolute atomic E-state index is 0.00163. The van der Waals surface area contributed by atoms with Crippen LogP contribution < -0.4 is 14.8 Å². The van der Waals surface area contributed by atoms with Gasteiger partial charge in [0.2, 0.25) is 5.91 Å². The van der Waals surface area contributed by atoms with Crippen molar-refractivity contribution in [2.24, 2.45) is 0 Å². The molecule has 1 atom stereocenters. The molecule has 0 spiro atoms. The lowest BCUT2D eigenvalue weighted by Crippen LogP contribution is -2.28. The first-order valence-corrected chi connectivity index (χ1v) is 8.87. The molecule has 2 aromatic rings. The molecule has 0 saturated heterocycles. The maximum atomic E-state index is 12.4. The van der Waals surface area contributed by atoms with Crippen LogP contribution in [0.2, 0.25) is 0 Å². The summed E-state index contributed by atoms with van der Waals surface area (Å²) in [6.07, 6.45) is 0.900. The first-order chi connectivity index (χ1) is 13.0. The van der Waals surface area contributed by atoms with Crippen LogP contribution in [0.15, 0.2) is 42.5 Å². The first kappa shape index (κ1) is 20.3. The van der Waals surface area contributed by atoms with Crippen LogP contribution in [0.25, 0.3) is 0 Å². The van der Waals surface area contributed by atoms with Crippen molar-refractivity contribution in [3.8, 4) is 11.5 Å². The largest absolute Gasteiger partial charge is 0.493 e.